The summed E-state index contributed by atoms with van der Waals surface area (Å²) >= 11 is 0. The molecule has 24 heavy (non-hydrogen) atoms. The summed E-state index contributed by atoms with van der Waals surface area (Å²) < 4.78 is 0. The van der Waals surface area contributed by atoms with E-state index in [1.165, 1.54) is 0 Å². The van der Waals surface area contributed by atoms with Gasteiger partial charge in [-0.1, -0.05) is 67.1 Å². The van der Waals surface area contributed by atoms with Gasteiger partial charge in [0.15, 0.2) is 5.78 Å². The normalized spacial score (nSPS) is 20.4. The van der Waals surface area contributed by atoms with Crippen LogP contribution < -0.4 is 0 Å². The van der Waals surface area contributed by atoms with E-state index in [9.17, 15) is 14.7 Å². The predicted molar refractivity (Wildman–Crippen MR) is 92.6 cm³/mol. The second-order valence-electron chi connectivity index (χ2n) is 6.42. The van der Waals surface area contributed by atoms with Crippen LogP contribution in [0.5, 0.6) is 0 Å². The van der Waals surface area contributed by atoms with Crippen molar-refractivity contribution in [2.75, 3.05) is 0 Å². The molecule has 0 radical (unpaired) electrons. The molecular weight excluding hydrogens is 300 g/mol. The van der Waals surface area contributed by atoms with E-state index in [-0.39, 0.29) is 17.5 Å². The predicted octanol–water partition coefficient (Wildman–Crippen LogP) is 3.83. The van der Waals surface area contributed by atoms with Crippen LogP contribution in [0.3, 0.4) is 0 Å². The first-order valence-electron chi connectivity index (χ1n) is 8.53. The van der Waals surface area contributed by atoms with Gasteiger partial charge in [-0.05, 0) is 24.0 Å². The number of carbonyl (C=O) groups is 2. The van der Waals surface area contributed by atoms with Gasteiger partial charge in [-0.15, -0.1) is 0 Å². The molecule has 1 N–H and O–H groups in total. The molecule has 3 unspecified atom stereocenters. The minimum Gasteiger partial charge on any atom is -0.381 e. The van der Waals surface area contributed by atoms with Gasteiger partial charge >= 0.3 is 0 Å². The van der Waals surface area contributed by atoms with Gasteiger partial charge in [-0.25, -0.2) is 0 Å². The average Bonchev–Trinajstić information content (AvgIpc) is 2.64. The van der Waals surface area contributed by atoms with Crippen molar-refractivity contribution in [3.63, 3.8) is 0 Å². The number of hydrogen-bond donors (Lipinski definition) is 1. The Morgan fingerprint density at radius 2 is 1.50 bits per heavy atom. The highest BCUT2D eigenvalue weighted by Gasteiger charge is 2.38. The molecule has 3 nitrogen and oxygen atoms in total. The average molecular weight is 322 g/mol. The molecule has 3 heteroatoms. The van der Waals surface area contributed by atoms with Crippen LogP contribution in [-0.2, 0) is 9.59 Å². The quantitative estimate of drug-likeness (QED) is 0.910. The van der Waals surface area contributed by atoms with Crippen molar-refractivity contribution in [3.8, 4) is 0 Å². The summed E-state index contributed by atoms with van der Waals surface area (Å²) in [6.07, 6.45) is 1.89. The SMILES string of the molecule is O=C1CCCCC1C(C(=O)C(O)c1ccccc1)c1ccccc1. The van der Waals surface area contributed by atoms with Crippen molar-refractivity contribution in [2.24, 2.45) is 5.92 Å². The summed E-state index contributed by atoms with van der Waals surface area (Å²) in [6.45, 7) is 0. The molecular formula is C21H22O3. The molecule has 1 fully saturated rings. The third-order valence-electron chi connectivity index (χ3n) is 4.85. The second-order valence-corrected chi connectivity index (χ2v) is 6.42. The van der Waals surface area contributed by atoms with E-state index in [4.69, 9.17) is 0 Å². The van der Waals surface area contributed by atoms with E-state index in [0.717, 1.165) is 18.4 Å². The number of ketones is 2. The van der Waals surface area contributed by atoms with Crippen molar-refractivity contribution < 1.29 is 14.7 Å². The third-order valence-corrected chi connectivity index (χ3v) is 4.85. The summed E-state index contributed by atoms with van der Waals surface area (Å²) in [4.78, 5) is 25.5. The molecule has 0 amide bonds. The van der Waals surface area contributed by atoms with Crippen LogP contribution >= 0.6 is 0 Å². The zero-order valence-electron chi connectivity index (χ0n) is 13.6. The monoisotopic (exact) mass is 322 g/mol. The Kier molecular flexibility index (Phi) is 5.21. The molecule has 124 valence electrons. The van der Waals surface area contributed by atoms with E-state index >= 15 is 0 Å². The Hall–Kier alpha value is -2.26. The molecule has 1 aliphatic carbocycles. The van der Waals surface area contributed by atoms with Crippen LogP contribution in [0.4, 0.5) is 0 Å². The molecule has 3 rings (SSSR count). The zero-order chi connectivity index (χ0) is 16.9. The van der Waals surface area contributed by atoms with Gasteiger partial charge in [-0.2, -0.15) is 0 Å². The Balaban J connectivity index is 1.95. The number of benzene rings is 2. The lowest BCUT2D eigenvalue weighted by Gasteiger charge is -2.30. The highest BCUT2D eigenvalue weighted by molar-refractivity contribution is 5.96. The van der Waals surface area contributed by atoms with Crippen molar-refractivity contribution in [1.29, 1.82) is 0 Å². The van der Waals surface area contributed by atoms with E-state index in [0.29, 0.717) is 18.4 Å². The molecule has 2 aromatic rings. The van der Waals surface area contributed by atoms with E-state index < -0.39 is 12.0 Å². The van der Waals surface area contributed by atoms with Crippen LogP contribution in [0.2, 0.25) is 0 Å². The molecule has 0 spiro atoms. The molecule has 0 aromatic heterocycles. The fourth-order valence-corrected chi connectivity index (χ4v) is 3.59. The van der Waals surface area contributed by atoms with Gasteiger partial charge in [0.2, 0.25) is 0 Å². The minimum atomic E-state index is -1.20. The van der Waals surface area contributed by atoms with Crippen molar-refractivity contribution in [2.45, 2.75) is 37.7 Å². The van der Waals surface area contributed by atoms with Gasteiger partial charge in [0.05, 0.1) is 5.92 Å². The molecule has 3 atom stereocenters. The van der Waals surface area contributed by atoms with Gasteiger partial charge < -0.3 is 5.11 Å². The Morgan fingerprint density at radius 1 is 0.917 bits per heavy atom. The fourth-order valence-electron chi connectivity index (χ4n) is 3.59. The summed E-state index contributed by atoms with van der Waals surface area (Å²) in [7, 11) is 0. The smallest absolute Gasteiger partial charge is 0.173 e. The number of aliphatic hydroxyl groups excluding tert-OH is 1. The number of Topliss-reactive ketones (excluding diaryl/α,β-unsaturated/α-hetero) is 2. The van der Waals surface area contributed by atoms with E-state index in [2.05, 4.69) is 0 Å². The second kappa shape index (κ2) is 7.54. The first kappa shape index (κ1) is 16.6. The lowest BCUT2D eigenvalue weighted by molar-refractivity contribution is -0.135. The molecule has 0 aliphatic heterocycles. The molecule has 0 heterocycles. The number of carbonyl (C=O) groups excluding carboxylic acids is 2. The number of aliphatic hydroxyl groups is 1. The molecule has 0 bridgehead atoms. The minimum absolute atomic E-state index is 0.142. The van der Waals surface area contributed by atoms with Crippen molar-refractivity contribution in [3.05, 3.63) is 71.8 Å². The highest BCUT2D eigenvalue weighted by Crippen LogP contribution is 2.37. The Labute approximate surface area is 142 Å². The van der Waals surface area contributed by atoms with Gasteiger partial charge in [0, 0.05) is 12.3 Å². The van der Waals surface area contributed by atoms with Crippen molar-refractivity contribution in [1.82, 2.24) is 0 Å². The maximum Gasteiger partial charge on any atom is 0.173 e. The number of rotatable bonds is 5. The van der Waals surface area contributed by atoms with Crippen molar-refractivity contribution >= 4 is 11.6 Å². The van der Waals surface area contributed by atoms with Crippen LogP contribution in [-0.4, -0.2) is 16.7 Å². The largest absolute Gasteiger partial charge is 0.381 e. The third kappa shape index (κ3) is 3.46. The van der Waals surface area contributed by atoms with E-state index in [1.807, 2.05) is 36.4 Å². The molecule has 2 aromatic carbocycles. The van der Waals surface area contributed by atoms with Crippen LogP contribution in [0.1, 0.15) is 48.8 Å². The Morgan fingerprint density at radius 3 is 2.08 bits per heavy atom. The maximum absolute atomic E-state index is 13.1. The lowest BCUT2D eigenvalue weighted by atomic mass is 9.72. The number of hydrogen-bond acceptors (Lipinski definition) is 3. The summed E-state index contributed by atoms with van der Waals surface area (Å²) in [5, 5.41) is 10.6. The molecule has 0 saturated heterocycles. The van der Waals surface area contributed by atoms with Gasteiger partial charge in [0.1, 0.15) is 11.9 Å². The van der Waals surface area contributed by atoms with Gasteiger partial charge in [0.25, 0.3) is 0 Å². The lowest BCUT2D eigenvalue weighted by Crippen LogP contribution is -2.33. The summed E-state index contributed by atoms with van der Waals surface area (Å²) in [5.41, 5.74) is 1.39. The summed E-state index contributed by atoms with van der Waals surface area (Å²) in [6, 6.07) is 18.3. The fraction of sp³-hybridized carbons (Fsp3) is 0.333. The zero-order valence-corrected chi connectivity index (χ0v) is 13.6. The maximum atomic E-state index is 13.1. The standard InChI is InChI=1S/C21H22O3/c22-18-14-8-7-13-17(18)19(15-9-3-1-4-10-15)21(24)20(23)16-11-5-2-6-12-16/h1-6,9-12,17,19-20,23H,7-8,13-14H2. The topological polar surface area (TPSA) is 54.4 Å². The van der Waals surface area contributed by atoms with Crippen LogP contribution in [0, 0.1) is 5.92 Å². The van der Waals surface area contributed by atoms with Gasteiger partial charge in [-0.3, -0.25) is 9.59 Å². The Bertz CT molecular complexity index is 694. The van der Waals surface area contributed by atoms with Crippen LogP contribution in [0.15, 0.2) is 60.7 Å². The highest BCUT2D eigenvalue weighted by atomic mass is 16.3. The first-order chi connectivity index (χ1) is 11.7. The molecule has 1 saturated carbocycles. The first-order valence-corrected chi connectivity index (χ1v) is 8.53. The van der Waals surface area contributed by atoms with E-state index in [1.54, 1.807) is 24.3 Å². The summed E-state index contributed by atoms with van der Waals surface area (Å²) in [5.74, 6) is -1.04. The van der Waals surface area contributed by atoms with Crippen LogP contribution in [0.25, 0.3) is 0 Å². The molecule has 1 aliphatic rings.